The van der Waals surface area contributed by atoms with Crippen LogP contribution >= 0.6 is 11.8 Å². The minimum absolute atomic E-state index is 0.0681. The molecule has 0 aromatic heterocycles. The van der Waals surface area contributed by atoms with Crippen LogP contribution in [0.25, 0.3) is 6.08 Å². The van der Waals surface area contributed by atoms with Crippen molar-refractivity contribution >= 4 is 34.8 Å². The van der Waals surface area contributed by atoms with E-state index in [1.165, 1.54) is 18.7 Å². The molecule has 1 aliphatic rings. The van der Waals surface area contributed by atoms with Gasteiger partial charge in [0.2, 0.25) is 0 Å². The maximum absolute atomic E-state index is 11.4. The molecule has 1 heterocycles. The molecule has 0 atom stereocenters. The van der Waals surface area contributed by atoms with E-state index in [0.29, 0.717) is 16.9 Å². The first-order valence-corrected chi connectivity index (χ1v) is 6.36. The SMILES string of the molecule is CC(=O)SCC=Cc1ccc2c(c1)C(=O)NC2=O. The molecule has 1 aliphatic heterocycles. The number of hydrogen-bond donors (Lipinski definition) is 1. The van der Waals surface area contributed by atoms with Crippen LogP contribution in [0.4, 0.5) is 0 Å². The molecule has 1 aromatic rings. The quantitative estimate of drug-likeness (QED) is 0.844. The van der Waals surface area contributed by atoms with Crippen molar-refractivity contribution in [2.24, 2.45) is 0 Å². The van der Waals surface area contributed by atoms with Crippen LogP contribution < -0.4 is 5.32 Å². The first-order valence-electron chi connectivity index (χ1n) is 5.37. The Bertz CT molecular complexity index is 563. The summed E-state index contributed by atoms with van der Waals surface area (Å²) in [5.41, 5.74) is 1.65. The molecular formula is C13H11NO3S. The zero-order valence-electron chi connectivity index (χ0n) is 9.73. The van der Waals surface area contributed by atoms with Crippen LogP contribution in [-0.4, -0.2) is 22.7 Å². The number of fused-ring (bicyclic) bond motifs is 1. The minimum Gasteiger partial charge on any atom is -0.288 e. The van der Waals surface area contributed by atoms with Gasteiger partial charge in [0, 0.05) is 12.7 Å². The van der Waals surface area contributed by atoms with E-state index in [-0.39, 0.29) is 16.9 Å². The number of amides is 2. The molecule has 0 spiro atoms. The second-order valence-electron chi connectivity index (χ2n) is 3.79. The van der Waals surface area contributed by atoms with Crippen LogP contribution in [0, 0.1) is 0 Å². The number of rotatable bonds is 3. The monoisotopic (exact) mass is 261 g/mol. The number of benzene rings is 1. The highest BCUT2D eigenvalue weighted by Crippen LogP contribution is 2.18. The molecule has 4 nitrogen and oxygen atoms in total. The second-order valence-corrected chi connectivity index (χ2v) is 4.99. The summed E-state index contributed by atoms with van der Waals surface area (Å²) < 4.78 is 0. The van der Waals surface area contributed by atoms with Crippen molar-refractivity contribution in [2.45, 2.75) is 6.92 Å². The Hall–Kier alpha value is -1.88. The summed E-state index contributed by atoms with van der Waals surface area (Å²) >= 11 is 1.22. The molecule has 1 aromatic carbocycles. The summed E-state index contributed by atoms with van der Waals surface area (Å²) in [4.78, 5) is 33.5. The van der Waals surface area contributed by atoms with E-state index in [4.69, 9.17) is 0 Å². The zero-order chi connectivity index (χ0) is 13.1. The van der Waals surface area contributed by atoms with Gasteiger partial charge in [0.15, 0.2) is 5.12 Å². The van der Waals surface area contributed by atoms with Gasteiger partial charge < -0.3 is 0 Å². The predicted octanol–water partition coefficient (Wildman–Crippen LogP) is 1.86. The molecule has 18 heavy (non-hydrogen) atoms. The molecule has 1 N–H and O–H groups in total. The minimum atomic E-state index is -0.358. The summed E-state index contributed by atoms with van der Waals surface area (Å²) in [6.45, 7) is 1.52. The average Bonchev–Trinajstić information content (AvgIpc) is 2.60. The summed E-state index contributed by atoms with van der Waals surface area (Å²) in [5.74, 6) is -0.113. The highest BCUT2D eigenvalue weighted by Gasteiger charge is 2.26. The van der Waals surface area contributed by atoms with Gasteiger partial charge in [-0.15, -0.1) is 0 Å². The van der Waals surface area contributed by atoms with Crippen molar-refractivity contribution in [1.82, 2.24) is 5.32 Å². The number of hydrogen-bond acceptors (Lipinski definition) is 4. The van der Waals surface area contributed by atoms with Gasteiger partial charge in [0.1, 0.15) is 0 Å². The van der Waals surface area contributed by atoms with E-state index < -0.39 is 0 Å². The summed E-state index contributed by atoms with van der Waals surface area (Å²) in [6, 6.07) is 5.07. The van der Waals surface area contributed by atoms with Crippen LogP contribution in [0.1, 0.15) is 33.2 Å². The van der Waals surface area contributed by atoms with E-state index in [2.05, 4.69) is 5.32 Å². The normalized spacial score (nSPS) is 13.8. The van der Waals surface area contributed by atoms with Crippen molar-refractivity contribution in [3.05, 3.63) is 41.0 Å². The molecule has 2 rings (SSSR count). The molecule has 0 bridgehead atoms. The Morgan fingerprint density at radius 1 is 1.28 bits per heavy atom. The van der Waals surface area contributed by atoms with Gasteiger partial charge in [0.25, 0.3) is 11.8 Å². The molecular weight excluding hydrogens is 250 g/mol. The van der Waals surface area contributed by atoms with E-state index in [1.54, 1.807) is 18.2 Å². The lowest BCUT2D eigenvalue weighted by Crippen LogP contribution is -2.19. The Balaban J connectivity index is 2.13. The molecule has 92 valence electrons. The second kappa shape index (κ2) is 5.18. The lowest BCUT2D eigenvalue weighted by Gasteiger charge is -1.97. The lowest BCUT2D eigenvalue weighted by molar-refractivity contribution is -0.109. The molecule has 5 heteroatoms. The van der Waals surface area contributed by atoms with E-state index in [0.717, 1.165) is 5.56 Å². The summed E-state index contributed by atoms with van der Waals surface area (Å²) in [6.07, 6.45) is 3.68. The molecule has 2 amide bonds. The highest BCUT2D eigenvalue weighted by atomic mass is 32.2. The third-order valence-corrected chi connectivity index (χ3v) is 3.22. The van der Waals surface area contributed by atoms with Crippen LogP contribution in [0.15, 0.2) is 24.3 Å². The average molecular weight is 261 g/mol. The largest absolute Gasteiger partial charge is 0.288 e. The predicted molar refractivity (Wildman–Crippen MR) is 70.4 cm³/mol. The maximum atomic E-state index is 11.4. The van der Waals surface area contributed by atoms with Crippen LogP contribution in [0.2, 0.25) is 0 Å². The Labute approximate surface area is 108 Å². The number of imide groups is 1. The van der Waals surface area contributed by atoms with Crippen molar-refractivity contribution in [3.63, 3.8) is 0 Å². The van der Waals surface area contributed by atoms with E-state index >= 15 is 0 Å². The molecule has 0 aliphatic carbocycles. The summed E-state index contributed by atoms with van der Waals surface area (Å²) in [5, 5.41) is 2.31. The first-order chi connectivity index (χ1) is 8.58. The van der Waals surface area contributed by atoms with Crippen molar-refractivity contribution < 1.29 is 14.4 Å². The fourth-order valence-electron chi connectivity index (χ4n) is 1.64. The van der Waals surface area contributed by atoms with Gasteiger partial charge in [-0.05, 0) is 17.7 Å². The zero-order valence-corrected chi connectivity index (χ0v) is 10.5. The topological polar surface area (TPSA) is 63.2 Å². The first kappa shape index (κ1) is 12.6. The lowest BCUT2D eigenvalue weighted by atomic mass is 10.1. The van der Waals surface area contributed by atoms with Gasteiger partial charge in [-0.2, -0.15) is 0 Å². The van der Waals surface area contributed by atoms with Crippen LogP contribution in [0.5, 0.6) is 0 Å². The van der Waals surface area contributed by atoms with Gasteiger partial charge in [-0.25, -0.2) is 0 Å². The van der Waals surface area contributed by atoms with Crippen molar-refractivity contribution in [2.75, 3.05) is 5.75 Å². The van der Waals surface area contributed by atoms with Crippen molar-refractivity contribution in [3.8, 4) is 0 Å². The Morgan fingerprint density at radius 3 is 2.72 bits per heavy atom. The van der Waals surface area contributed by atoms with Crippen LogP contribution in [-0.2, 0) is 4.79 Å². The standard InChI is InChI=1S/C13H11NO3S/c1-8(15)18-6-2-3-9-4-5-10-11(7-9)13(17)14-12(10)16/h2-5,7H,6H2,1H3,(H,14,16,17). The third kappa shape index (κ3) is 2.68. The maximum Gasteiger partial charge on any atom is 0.258 e. The highest BCUT2D eigenvalue weighted by molar-refractivity contribution is 8.13. The number of thioether (sulfide) groups is 1. The molecule has 0 fully saturated rings. The van der Waals surface area contributed by atoms with Gasteiger partial charge in [0.05, 0.1) is 11.1 Å². The fraction of sp³-hybridized carbons (Fsp3) is 0.154. The van der Waals surface area contributed by atoms with Crippen LogP contribution in [0.3, 0.4) is 0 Å². The Morgan fingerprint density at radius 2 is 2.00 bits per heavy atom. The molecule has 0 saturated heterocycles. The smallest absolute Gasteiger partial charge is 0.258 e. The van der Waals surface area contributed by atoms with Gasteiger partial charge >= 0.3 is 0 Å². The van der Waals surface area contributed by atoms with Crippen molar-refractivity contribution in [1.29, 1.82) is 0 Å². The molecule has 0 radical (unpaired) electrons. The Kier molecular flexibility index (Phi) is 3.62. The molecule has 0 saturated carbocycles. The third-order valence-electron chi connectivity index (χ3n) is 2.45. The number of carbonyl (C=O) groups is 3. The summed E-state index contributed by atoms with van der Waals surface area (Å²) in [7, 11) is 0. The fourth-order valence-corrected chi connectivity index (χ4v) is 2.07. The van der Waals surface area contributed by atoms with Gasteiger partial charge in [-0.1, -0.05) is 30.0 Å². The molecule has 0 unspecified atom stereocenters. The number of carbonyl (C=O) groups excluding carboxylic acids is 3. The number of nitrogens with one attached hydrogen (secondary N) is 1. The van der Waals surface area contributed by atoms with E-state index in [1.807, 2.05) is 12.2 Å². The van der Waals surface area contributed by atoms with E-state index in [9.17, 15) is 14.4 Å². The van der Waals surface area contributed by atoms with Gasteiger partial charge in [-0.3, -0.25) is 19.7 Å².